The van der Waals surface area contributed by atoms with Crippen molar-refractivity contribution in [2.45, 2.75) is 31.4 Å². The lowest BCUT2D eigenvalue weighted by Gasteiger charge is -2.24. The Morgan fingerprint density at radius 2 is 1.92 bits per heavy atom. The van der Waals surface area contributed by atoms with Crippen molar-refractivity contribution >= 4 is 11.8 Å². The quantitative estimate of drug-likeness (QED) is 0.909. The molecule has 4 nitrogen and oxygen atoms in total. The van der Waals surface area contributed by atoms with Crippen molar-refractivity contribution < 1.29 is 9.53 Å². The number of amides is 1. The molecule has 4 rings (SSSR count). The fourth-order valence-electron chi connectivity index (χ4n) is 3.81. The van der Waals surface area contributed by atoms with Crippen molar-refractivity contribution in [2.24, 2.45) is 0 Å². The van der Waals surface area contributed by atoms with Crippen LogP contribution in [0.4, 0.5) is 10.5 Å². The van der Waals surface area contributed by atoms with Crippen LogP contribution in [-0.4, -0.2) is 30.1 Å². The standard InChI is InChI=1S/C20H22N2O2/c23-20(24-14-15-7-2-1-3-8-15)22-12-6-10-17-16-9-4-5-11-18(16)21-19(17)13-22/h1-5,7-9,11,17,19,21H,6,10,12-14H2/t17-,19+/m1/s1. The van der Waals surface area contributed by atoms with Crippen molar-refractivity contribution in [1.29, 1.82) is 0 Å². The molecular weight excluding hydrogens is 300 g/mol. The first-order valence-corrected chi connectivity index (χ1v) is 8.62. The van der Waals surface area contributed by atoms with Crippen LogP contribution >= 0.6 is 0 Å². The number of rotatable bonds is 2. The average Bonchev–Trinajstić information content (AvgIpc) is 2.83. The molecular formula is C20H22N2O2. The largest absolute Gasteiger partial charge is 0.445 e. The molecule has 2 aliphatic rings. The predicted molar refractivity (Wildman–Crippen MR) is 94.0 cm³/mol. The Morgan fingerprint density at radius 1 is 1.12 bits per heavy atom. The highest BCUT2D eigenvalue weighted by Crippen LogP contribution is 2.40. The van der Waals surface area contributed by atoms with Gasteiger partial charge in [0.15, 0.2) is 0 Å². The molecule has 124 valence electrons. The lowest BCUT2D eigenvalue weighted by Crippen LogP contribution is -2.39. The van der Waals surface area contributed by atoms with Gasteiger partial charge in [-0.3, -0.25) is 0 Å². The number of carbonyl (C=O) groups is 1. The number of anilines is 1. The minimum absolute atomic E-state index is 0.211. The summed E-state index contributed by atoms with van der Waals surface area (Å²) in [6, 6.07) is 18.6. The Labute approximate surface area is 142 Å². The average molecular weight is 322 g/mol. The van der Waals surface area contributed by atoms with Gasteiger partial charge in [-0.05, 0) is 30.0 Å². The summed E-state index contributed by atoms with van der Waals surface area (Å²) < 4.78 is 5.51. The molecule has 0 saturated carbocycles. The van der Waals surface area contributed by atoms with Gasteiger partial charge in [-0.25, -0.2) is 4.79 Å². The van der Waals surface area contributed by atoms with Gasteiger partial charge in [-0.15, -0.1) is 0 Å². The molecule has 0 aliphatic carbocycles. The number of ether oxygens (including phenoxy) is 1. The molecule has 0 bridgehead atoms. The predicted octanol–water partition coefficient (Wildman–Crippen LogP) is 4.00. The van der Waals surface area contributed by atoms with E-state index in [1.807, 2.05) is 35.2 Å². The zero-order valence-electron chi connectivity index (χ0n) is 13.7. The van der Waals surface area contributed by atoms with Gasteiger partial charge in [0.1, 0.15) is 6.61 Å². The Hall–Kier alpha value is -2.49. The van der Waals surface area contributed by atoms with Crippen molar-refractivity contribution in [2.75, 3.05) is 18.4 Å². The molecule has 1 amide bonds. The summed E-state index contributed by atoms with van der Waals surface area (Å²) >= 11 is 0. The molecule has 2 heterocycles. The summed E-state index contributed by atoms with van der Waals surface area (Å²) in [4.78, 5) is 14.3. The number of para-hydroxylation sites is 1. The van der Waals surface area contributed by atoms with Gasteiger partial charge in [-0.1, -0.05) is 48.5 Å². The number of likely N-dealkylation sites (tertiary alicyclic amines) is 1. The van der Waals surface area contributed by atoms with E-state index in [0.717, 1.165) is 24.9 Å². The SMILES string of the molecule is O=C(OCc1ccccc1)N1CCC[C@@H]2c3ccccc3N[C@H]2C1. The van der Waals surface area contributed by atoms with Crippen LogP contribution in [0.3, 0.4) is 0 Å². The van der Waals surface area contributed by atoms with E-state index in [2.05, 4.69) is 29.6 Å². The lowest BCUT2D eigenvalue weighted by molar-refractivity contribution is 0.0965. The fourth-order valence-corrected chi connectivity index (χ4v) is 3.81. The molecule has 2 aromatic rings. The third-order valence-corrected chi connectivity index (χ3v) is 5.01. The Kier molecular flexibility index (Phi) is 4.11. The summed E-state index contributed by atoms with van der Waals surface area (Å²) in [5, 5.41) is 3.59. The van der Waals surface area contributed by atoms with Crippen LogP contribution in [0, 0.1) is 0 Å². The topological polar surface area (TPSA) is 41.6 Å². The van der Waals surface area contributed by atoms with Crippen LogP contribution in [0.15, 0.2) is 54.6 Å². The van der Waals surface area contributed by atoms with Gasteiger partial charge in [0, 0.05) is 24.7 Å². The van der Waals surface area contributed by atoms with E-state index >= 15 is 0 Å². The van der Waals surface area contributed by atoms with Crippen LogP contribution in [0.2, 0.25) is 0 Å². The maximum Gasteiger partial charge on any atom is 0.410 e. The molecule has 2 aromatic carbocycles. The smallest absolute Gasteiger partial charge is 0.410 e. The van der Waals surface area contributed by atoms with Crippen molar-refractivity contribution in [1.82, 2.24) is 4.90 Å². The van der Waals surface area contributed by atoms with E-state index in [-0.39, 0.29) is 12.1 Å². The molecule has 0 aromatic heterocycles. The highest BCUT2D eigenvalue weighted by atomic mass is 16.6. The van der Waals surface area contributed by atoms with Gasteiger partial charge in [0.25, 0.3) is 0 Å². The second kappa shape index (κ2) is 6.56. The molecule has 1 saturated heterocycles. The van der Waals surface area contributed by atoms with Crippen molar-refractivity contribution in [3.8, 4) is 0 Å². The van der Waals surface area contributed by atoms with Gasteiger partial charge >= 0.3 is 6.09 Å². The van der Waals surface area contributed by atoms with Crippen molar-refractivity contribution in [3.63, 3.8) is 0 Å². The van der Waals surface area contributed by atoms with Gasteiger partial charge in [-0.2, -0.15) is 0 Å². The second-order valence-corrected chi connectivity index (χ2v) is 6.57. The summed E-state index contributed by atoms with van der Waals surface area (Å²) in [5.41, 5.74) is 3.62. The third-order valence-electron chi connectivity index (χ3n) is 5.01. The number of benzene rings is 2. The first-order valence-electron chi connectivity index (χ1n) is 8.62. The Balaban J connectivity index is 1.40. The minimum Gasteiger partial charge on any atom is -0.445 e. The van der Waals surface area contributed by atoms with E-state index < -0.39 is 0 Å². The molecule has 1 N–H and O–H groups in total. The number of hydrogen-bond acceptors (Lipinski definition) is 3. The zero-order valence-corrected chi connectivity index (χ0v) is 13.7. The molecule has 4 heteroatoms. The number of fused-ring (bicyclic) bond motifs is 3. The number of nitrogens with zero attached hydrogens (tertiary/aromatic N) is 1. The van der Waals surface area contributed by atoms with Crippen LogP contribution in [0.25, 0.3) is 0 Å². The highest BCUT2D eigenvalue weighted by Gasteiger charge is 2.36. The summed E-state index contributed by atoms with van der Waals surface area (Å²) in [6.07, 6.45) is 1.91. The second-order valence-electron chi connectivity index (χ2n) is 6.57. The highest BCUT2D eigenvalue weighted by molar-refractivity contribution is 5.68. The Morgan fingerprint density at radius 3 is 2.79 bits per heavy atom. The molecule has 0 unspecified atom stereocenters. The Bertz CT molecular complexity index is 717. The molecule has 0 spiro atoms. The maximum absolute atomic E-state index is 12.5. The van der Waals surface area contributed by atoms with Crippen molar-refractivity contribution in [3.05, 3.63) is 65.7 Å². The molecule has 2 aliphatic heterocycles. The maximum atomic E-state index is 12.5. The summed E-state index contributed by atoms with van der Waals surface area (Å²) in [7, 11) is 0. The molecule has 24 heavy (non-hydrogen) atoms. The van der Waals surface area contributed by atoms with E-state index in [9.17, 15) is 4.79 Å². The van der Waals surface area contributed by atoms with E-state index in [0.29, 0.717) is 19.1 Å². The first-order chi connectivity index (χ1) is 11.8. The number of carbonyl (C=O) groups excluding carboxylic acids is 1. The normalized spacial score (nSPS) is 22.1. The monoisotopic (exact) mass is 322 g/mol. The van der Waals surface area contributed by atoms with E-state index in [1.54, 1.807) is 0 Å². The first kappa shape index (κ1) is 15.1. The summed E-state index contributed by atoms with van der Waals surface area (Å²) in [5.74, 6) is 0.494. The van der Waals surface area contributed by atoms with Gasteiger partial charge in [0.2, 0.25) is 0 Å². The third kappa shape index (κ3) is 2.96. The summed E-state index contributed by atoms with van der Waals surface area (Å²) in [6.45, 7) is 1.80. The zero-order chi connectivity index (χ0) is 16.4. The molecule has 1 fully saturated rings. The van der Waals surface area contributed by atoms with Gasteiger partial charge in [0.05, 0.1) is 6.04 Å². The van der Waals surface area contributed by atoms with E-state index in [4.69, 9.17) is 4.74 Å². The molecule has 0 radical (unpaired) electrons. The van der Waals surface area contributed by atoms with Crippen LogP contribution in [-0.2, 0) is 11.3 Å². The van der Waals surface area contributed by atoms with E-state index in [1.165, 1.54) is 11.3 Å². The fraction of sp³-hybridized carbons (Fsp3) is 0.350. The van der Waals surface area contributed by atoms with Gasteiger partial charge < -0.3 is 15.0 Å². The number of nitrogens with one attached hydrogen (secondary N) is 1. The molecule has 2 atom stereocenters. The van der Waals surface area contributed by atoms with Crippen LogP contribution in [0.5, 0.6) is 0 Å². The minimum atomic E-state index is -0.211. The van der Waals surface area contributed by atoms with Crippen LogP contribution in [0.1, 0.15) is 29.9 Å². The lowest BCUT2D eigenvalue weighted by atomic mass is 9.91. The van der Waals surface area contributed by atoms with Crippen LogP contribution < -0.4 is 5.32 Å². The number of hydrogen-bond donors (Lipinski definition) is 1.